The number of allylic oxidation sites excluding steroid dienone is 3. The lowest BCUT2D eigenvalue weighted by Gasteiger charge is -2.37. The highest BCUT2D eigenvalue weighted by atomic mass is 16.6. The third kappa shape index (κ3) is 6.61. The van der Waals surface area contributed by atoms with Gasteiger partial charge in [0, 0.05) is 49.7 Å². The van der Waals surface area contributed by atoms with Crippen LogP contribution in [0.5, 0.6) is 5.88 Å². The summed E-state index contributed by atoms with van der Waals surface area (Å²) in [5, 5.41) is 11.5. The predicted molar refractivity (Wildman–Crippen MR) is 150 cm³/mol. The molecular weight excluding hydrogens is 494 g/mol. The van der Waals surface area contributed by atoms with Crippen LogP contribution in [-0.4, -0.2) is 82.0 Å². The number of aromatic nitrogens is 3. The van der Waals surface area contributed by atoms with Gasteiger partial charge >= 0.3 is 6.09 Å². The number of nitrogens with one attached hydrogen (secondary N) is 2. The first-order valence-corrected chi connectivity index (χ1v) is 13.7. The number of likely N-dealkylation sites (tertiary alicyclic amines) is 1. The van der Waals surface area contributed by atoms with E-state index in [1.54, 1.807) is 11.1 Å². The Morgan fingerprint density at radius 1 is 1.31 bits per heavy atom. The number of piperidine rings is 1. The number of fused-ring (bicyclic) bond motifs is 1. The van der Waals surface area contributed by atoms with Gasteiger partial charge in [0.25, 0.3) is 0 Å². The fourth-order valence-electron chi connectivity index (χ4n) is 4.76. The normalized spacial score (nSPS) is 23.0. The molecule has 206 valence electrons. The molecule has 0 bridgehead atoms. The molecule has 0 radical (unpaired) electrons. The largest absolute Gasteiger partial charge is 0.473 e. The van der Waals surface area contributed by atoms with Crippen molar-refractivity contribution >= 4 is 17.6 Å². The Hall–Kier alpha value is -3.81. The summed E-state index contributed by atoms with van der Waals surface area (Å²) in [6.07, 6.45) is 13.0. The van der Waals surface area contributed by atoms with Crippen molar-refractivity contribution in [2.75, 3.05) is 44.6 Å². The van der Waals surface area contributed by atoms with E-state index in [1.165, 1.54) is 0 Å². The highest BCUT2D eigenvalue weighted by molar-refractivity contribution is 5.70. The molecular formula is C29H37N7O3. The van der Waals surface area contributed by atoms with Gasteiger partial charge in [-0.05, 0) is 50.5 Å². The van der Waals surface area contributed by atoms with E-state index in [4.69, 9.17) is 14.5 Å². The first-order valence-electron chi connectivity index (χ1n) is 13.7. The van der Waals surface area contributed by atoms with Crippen LogP contribution in [0.4, 0.5) is 10.6 Å². The summed E-state index contributed by atoms with van der Waals surface area (Å²) in [5.74, 6) is 7.54. The van der Waals surface area contributed by atoms with Crippen molar-refractivity contribution in [3.63, 3.8) is 0 Å². The van der Waals surface area contributed by atoms with Crippen LogP contribution in [0.15, 0.2) is 48.5 Å². The van der Waals surface area contributed by atoms with Gasteiger partial charge in [-0.25, -0.2) is 4.79 Å². The van der Waals surface area contributed by atoms with Crippen LogP contribution < -0.4 is 15.4 Å². The number of ether oxygens (including phenoxy) is 2. The molecule has 2 saturated heterocycles. The Bertz CT molecular complexity index is 1320. The number of carbonyl (C=O) groups excluding carboxylic acids is 1. The van der Waals surface area contributed by atoms with Gasteiger partial charge in [-0.3, -0.25) is 9.80 Å². The molecule has 2 aromatic heterocycles. The number of nitrogens with zero attached hydrogens (tertiary/aromatic N) is 5. The lowest BCUT2D eigenvalue weighted by molar-refractivity contribution is -0.0153. The van der Waals surface area contributed by atoms with Gasteiger partial charge in [0.2, 0.25) is 5.88 Å². The molecule has 1 atom stereocenters. The quantitative estimate of drug-likeness (QED) is 0.524. The SMILES string of the molecule is CC#CCN1CC(OC(=O)N2\C=C/C=C(Nc3cc(O[C@@H]4CCCNC4)nc4c(C(C)C)cnn34)\C=C/C2)C1. The summed E-state index contributed by atoms with van der Waals surface area (Å²) < 4.78 is 13.7. The highest BCUT2D eigenvalue weighted by Crippen LogP contribution is 2.27. The van der Waals surface area contributed by atoms with Gasteiger partial charge in [-0.1, -0.05) is 25.8 Å². The topological polar surface area (TPSA) is 96.3 Å². The molecule has 0 aliphatic carbocycles. The maximum atomic E-state index is 12.7. The van der Waals surface area contributed by atoms with E-state index in [-0.39, 0.29) is 24.2 Å². The zero-order valence-corrected chi connectivity index (χ0v) is 22.9. The second kappa shape index (κ2) is 12.4. The van der Waals surface area contributed by atoms with Crippen molar-refractivity contribution in [2.24, 2.45) is 0 Å². The Morgan fingerprint density at radius 2 is 2.18 bits per heavy atom. The number of amides is 1. The van der Waals surface area contributed by atoms with Crippen LogP contribution in [0.25, 0.3) is 5.65 Å². The minimum absolute atomic E-state index is 0.0912. The maximum absolute atomic E-state index is 12.7. The zero-order valence-electron chi connectivity index (χ0n) is 22.9. The molecule has 0 aromatic carbocycles. The average Bonchev–Trinajstić information content (AvgIpc) is 3.32. The molecule has 2 N–H and O–H groups in total. The standard InChI is InChI=1S/C29H37N7O3/c1-4-5-13-34-19-24(20-34)39-29(37)35-14-7-9-22(10-8-15-35)32-26-16-27(38-23-11-6-12-30-17-23)33-28-25(21(2)3)18-31-36(26)28/h7-10,14,16,18,21,23-24,30,32H,6,11-13,15,17,19-20H2,1-3H3/b10-8-,14-7-,22-9+/t23-/m1/s1. The fraction of sp³-hybridized carbons (Fsp3) is 0.483. The monoisotopic (exact) mass is 531 g/mol. The number of hydrogen-bond acceptors (Lipinski definition) is 8. The van der Waals surface area contributed by atoms with Gasteiger partial charge < -0.3 is 20.1 Å². The third-order valence-electron chi connectivity index (χ3n) is 6.96. The Balaban J connectivity index is 1.27. The minimum Gasteiger partial charge on any atom is -0.473 e. The summed E-state index contributed by atoms with van der Waals surface area (Å²) in [6.45, 7) is 10.5. The fourth-order valence-corrected chi connectivity index (χ4v) is 4.76. The van der Waals surface area contributed by atoms with Crippen molar-refractivity contribution < 1.29 is 14.3 Å². The summed E-state index contributed by atoms with van der Waals surface area (Å²) in [5.41, 5.74) is 2.70. The highest BCUT2D eigenvalue weighted by Gasteiger charge is 2.30. The first-order chi connectivity index (χ1) is 19.0. The smallest absolute Gasteiger partial charge is 0.414 e. The van der Waals surface area contributed by atoms with Crippen LogP contribution >= 0.6 is 0 Å². The second-order valence-electron chi connectivity index (χ2n) is 10.3. The summed E-state index contributed by atoms with van der Waals surface area (Å²) >= 11 is 0. The van der Waals surface area contributed by atoms with Crippen LogP contribution in [0.3, 0.4) is 0 Å². The van der Waals surface area contributed by atoms with Crippen molar-refractivity contribution in [2.45, 2.75) is 51.7 Å². The average molecular weight is 532 g/mol. The molecule has 0 saturated carbocycles. The van der Waals surface area contributed by atoms with Gasteiger partial charge in [-0.15, -0.1) is 5.92 Å². The Morgan fingerprint density at radius 3 is 2.95 bits per heavy atom. The van der Waals surface area contributed by atoms with Crippen LogP contribution in [0.1, 0.15) is 45.1 Å². The molecule has 1 amide bonds. The van der Waals surface area contributed by atoms with E-state index in [2.05, 4.69) is 46.3 Å². The van der Waals surface area contributed by atoms with E-state index in [0.717, 1.165) is 61.7 Å². The van der Waals surface area contributed by atoms with Gasteiger partial charge in [0.05, 0.1) is 12.7 Å². The zero-order chi connectivity index (χ0) is 27.2. The van der Waals surface area contributed by atoms with Crippen molar-refractivity contribution in [3.8, 4) is 17.7 Å². The number of hydrogen-bond donors (Lipinski definition) is 2. The van der Waals surface area contributed by atoms with E-state index in [9.17, 15) is 4.79 Å². The first kappa shape index (κ1) is 26.8. The number of anilines is 1. The number of carbonyl (C=O) groups is 1. The summed E-state index contributed by atoms with van der Waals surface area (Å²) in [4.78, 5) is 21.2. The van der Waals surface area contributed by atoms with Crippen LogP contribution in [0, 0.1) is 11.8 Å². The van der Waals surface area contributed by atoms with Crippen LogP contribution in [-0.2, 0) is 4.74 Å². The van der Waals surface area contributed by atoms with Gasteiger partial charge in [-0.2, -0.15) is 14.6 Å². The molecule has 3 aliphatic rings. The Kier molecular flexibility index (Phi) is 8.49. The summed E-state index contributed by atoms with van der Waals surface area (Å²) in [7, 11) is 0. The van der Waals surface area contributed by atoms with E-state index < -0.39 is 0 Å². The molecule has 10 heteroatoms. The predicted octanol–water partition coefficient (Wildman–Crippen LogP) is 3.51. The van der Waals surface area contributed by atoms with Gasteiger partial charge in [0.15, 0.2) is 5.65 Å². The molecule has 0 spiro atoms. The molecule has 5 heterocycles. The third-order valence-corrected chi connectivity index (χ3v) is 6.96. The molecule has 0 unspecified atom stereocenters. The molecule has 2 aromatic rings. The lowest BCUT2D eigenvalue weighted by Crippen LogP contribution is -2.53. The molecule has 39 heavy (non-hydrogen) atoms. The van der Waals surface area contributed by atoms with Crippen molar-refractivity contribution in [1.29, 1.82) is 0 Å². The Labute approximate surface area is 229 Å². The van der Waals surface area contributed by atoms with E-state index in [1.807, 2.05) is 48.0 Å². The molecule has 2 fully saturated rings. The molecule has 3 aliphatic heterocycles. The van der Waals surface area contributed by atoms with Crippen LogP contribution in [0.2, 0.25) is 0 Å². The lowest BCUT2D eigenvalue weighted by atomic mass is 10.1. The molecule has 10 nitrogen and oxygen atoms in total. The minimum atomic E-state index is -0.348. The van der Waals surface area contributed by atoms with Crippen molar-refractivity contribution in [3.05, 3.63) is 54.0 Å². The second-order valence-corrected chi connectivity index (χ2v) is 10.3. The maximum Gasteiger partial charge on any atom is 0.414 e. The van der Waals surface area contributed by atoms with E-state index in [0.29, 0.717) is 19.0 Å². The van der Waals surface area contributed by atoms with Crippen molar-refractivity contribution in [1.82, 2.24) is 29.7 Å². The van der Waals surface area contributed by atoms with E-state index >= 15 is 0 Å². The molecule has 5 rings (SSSR count). The van der Waals surface area contributed by atoms with Gasteiger partial charge in [0.1, 0.15) is 18.0 Å². The number of rotatable bonds is 7. The summed E-state index contributed by atoms with van der Waals surface area (Å²) in [6, 6.07) is 1.90.